The highest BCUT2D eigenvalue weighted by molar-refractivity contribution is 9.09. The largest absolute Gasteiger partial charge is 0.394 e. The van der Waals surface area contributed by atoms with Crippen LogP contribution in [-0.4, -0.2) is 76.0 Å². The van der Waals surface area contributed by atoms with Gasteiger partial charge in [-0.25, -0.2) is 0 Å². The number of alkyl halides is 1. The van der Waals surface area contributed by atoms with Crippen molar-refractivity contribution in [2.24, 2.45) is 11.8 Å². The first-order valence-corrected chi connectivity index (χ1v) is 15.0. The Morgan fingerprint density at radius 1 is 1.05 bits per heavy atom. The van der Waals surface area contributed by atoms with Gasteiger partial charge in [-0.15, -0.1) is 0 Å². The normalized spacial score (nSPS) is 29.3. The molecule has 2 aromatic rings. The number of nitrogens with zero attached hydrogens (tertiary/aromatic N) is 2. The van der Waals surface area contributed by atoms with Crippen LogP contribution in [0.5, 0.6) is 0 Å². The maximum atomic E-state index is 14.1. The molecule has 3 N–H and O–H groups in total. The molecule has 214 valence electrons. The van der Waals surface area contributed by atoms with Gasteiger partial charge in [0.25, 0.3) is 0 Å². The van der Waals surface area contributed by atoms with Crippen LogP contribution in [0, 0.1) is 11.8 Å². The Kier molecular flexibility index (Phi) is 8.22. The lowest BCUT2D eigenvalue weighted by atomic mass is 9.70. The quantitative estimate of drug-likeness (QED) is 0.353. The van der Waals surface area contributed by atoms with Gasteiger partial charge in [0.1, 0.15) is 11.6 Å². The number of rotatable bonds is 10. The highest BCUT2D eigenvalue weighted by atomic mass is 79.9. The van der Waals surface area contributed by atoms with Crippen molar-refractivity contribution in [3.8, 4) is 0 Å². The number of anilines is 3. The van der Waals surface area contributed by atoms with E-state index in [-0.39, 0.29) is 29.2 Å². The number of para-hydroxylation sites is 1. The molecule has 0 saturated carbocycles. The van der Waals surface area contributed by atoms with Gasteiger partial charge in [-0.1, -0.05) is 41.1 Å². The molecule has 3 aliphatic heterocycles. The maximum absolute atomic E-state index is 14.1. The average Bonchev–Trinajstić information content (AvgIpc) is 3.55. The van der Waals surface area contributed by atoms with Crippen LogP contribution < -0.4 is 15.5 Å². The first kappa shape index (κ1) is 28.6. The number of carbonyl (C=O) groups is 3. The second-order valence-electron chi connectivity index (χ2n) is 10.7. The Hall–Kier alpha value is -2.95. The van der Waals surface area contributed by atoms with E-state index in [1.807, 2.05) is 49.4 Å². The van der Waals surface area contributed by atoms with Crippen molar-refractivity contribution in [2.75, 3.05) is 35.2 Å². The molecular formula is C30H37BrN4O5. The molecule has 5 rings (SSSR count). The van der Waals surface area contributed by atoms with Crippen LogP contribution in [-0.2, 0) is 19.1 Å². The highest BCUT2D eigenvalue weighted by Crippen LogP contribution is 2.60. The van der Waals surface area contributed by atoms with Crippen LogP contribution in [0.25, 0.3) is 0 Å². The summed E-state index contributed by atoms with van der Waals surface area (Å²) in [7, 11) is 0. The molecule has 3 fully saturated rings. The van der Waals surface area contributed by atoms with Gasteiger partial charge in [-0.3, -0.25) is 14.4 Å². The molecule has 3 unspecified atom stereocenters. The van der Waals surface area contributed by atoms with Gasteiger partial charge >= 0.3 is 0 Å². The van der Waals surface area contributed by atoms with Crippen LogP contribution >= 0.6 is 15.9 Å². The van der Waals surface area contributed by atoms with Gasteiger partial charge in [0, 0.05) is 35.0 Å². The fourth-order valence-corrected chi connectivity index (χ4v) is 7.72. The van der Waals surface area contributed by atoms with Gasteiger partial charge in [-0.2, -0.15) is 0 Å². The van der Waals surface area contributed by atoms with E-state index in [0.717, 1.165) is 18.8 Å². The molecule has 0 aromatic heterocycles. The Bertz CT molecular complexity index is 1240. The van der Waals surface area contributed by atoms with Gasteiger partial charge in [-0.05, 0) is 63.1 Å². The molecule has 2 bridgehead atoms. The zero-order valence-electron chi connectivity index (χ0n) is 23.0. The maximum Gasteiger partial charge on any atom is 0.250 e. The molecule has 7 atom stereocenters. The van der Waals surface area contributed by atoms with Crippen LogP contribution in [0.3, 0.4) is 0 Å². The summed E-state index contributed by atoms with van der Waals surface area (Å²) in [4.78, 5) is 45.3. The first-order chi connectivity index (χ1) is 19.3. The topological polar surface area (TPSA) is 111 Å². The number of aliphatic hydroxyl groups excluding tert-OH is 1. The van der Waals surface area contributed by atoms with Gasteiger partial charge < -0.3 is 30.3 Å². The number of carbonyl (C=O) groups excluding carboxylic acids is 3. The molecule has 3 amide bonds. The number of benzene rings is 2. The number of aliphatic hydroxyl groups is 1. The summed E-state index contributed by atoms with van der Waals surface area (Å²) in [6.07, 6.45) is 0.299. The summed E-state index contributed by atoms with van der Waals surface area (Å²) in [5.74, 6) is -2.64. The lowest BCUT2D eigenvalue weighted by Gasteiger charge is -2.36. The minimum absolute atomic E-state index is 0.208. The third-order valence-corrected chi connectivity index (χ3v) is 9.50. The van der Waals surface area contributed by atoms with Crippen molar-refractivity contribution < 1.29 is 24.2 Å². The second-order valence-corrected chi connectivity index (χ2v) is 11.9. The lowest BCUT2D eigenvalue weighted by Crippen LogP contribution is -2.56. The van der Waals surface area contributed by atoms with E-state index in [4.69, 9.17) is 4.74 Å². The molecule has 1 spiro atoms. The van der Waals surface area contributed by atoms with Gasteiger partial charge in [0.15, 0.2) is 0 Å². The summed E-state index contributed by atoms with van der Waals surface area (Å²) in [6.45, 7) is 7.49. The van der Waals surface area contributed by atoms with Crippen molar-refractivity contribution in [3.63, 3.8) is 0 Å². The van der Waals surface area contributed by atoms with Crippen molar-refractivity contribution in [1.82, 2.24) is 4.90 Å². The van der Waals surface area contributed by atoms with E-state index in [1.54, 1.807) is 12.1 Å². The molecule has 40 heavy (non-hydrogen) atoms. The van der Waals surface area contributed by atoms with Crippen LogP contribution in [0.15, 0.2) is 54.6 Å². The Morgan fingerprint density at radius 3 is 2.27 bits per heavy atom. The Morgan fingerprint density at radius 2 is 1.68 bits per heavy atom. The number of fused-ring (bicyclic) bond motifs is 1. The van der Waals surface area contributed by atoms with Crippen molar-refractivity contribution in [3.05, 3.63) is 54.6 Å². The smallest absolute Gasteiger partial charge is 0.250 e. The summed E-state index contributed by atoms with van der Waals surface area (Å²) < 4.78 is 6.54. The SMILES string of the molecule is CC[C@@H](CO)N1C(=O)[C@@H]2[C@H](C(=O)Nc3ccccc3)[C@H]3OC2(CC3Br)C1C(=O)Nc1ccc(N(CC)CC)cc1. The first-order valence-electron chi connectivity index (χ1n) is 14.1. The molecule has 2 aromatic carbocycles. The van der Waals surface area contributed by atoms with E-state index >= 15 is 0 Å². The van der Waals surface area contributed by atoms with Gasteiger partial charge in [0.05, 0.1) is 30.6 Å². The number of amides is 3. The van der Waals surface area contributed by atoms with E-state index < -0.39 is 35.6 Å². The number of nitrogens with one attached hydrogen (secondary N) is 2. The molecule has 9 nitrogen and oxygen atoms in total. The predicted octanol–water partition coefficient (Wildman–Crippen LogP) is 3.63. The summed E-state index contributed by atoms with van der Waals surface area (Å²) >= 11 is 3.69. The van der Waals surface area contributed by atoms with E-state index in [9.17, 15) is 19.5 Å². The second kappa shape index (κ2) is 11.5. The molecule has 0 aliphatic carbocycles. The monoisotopic (exact) mass is 612 g/mol. The van der Waals surface area contributed by atoms with Crippen molar-refractivity contribution >= 4 is 50.7 Å². The van der Waals surface area contributed by atoms with E-state index in [1.165, 1.54) is 4.90 Å². The third kappa shape index (κ3) is 4.69. The summed E-state index contributed by atoms with van der Waals surface area (Å²) in [6, 6.07) is 15.1. The number of hydrogen-bond acceptors (Lipinski definition) is 6. The minimum Gasteiger partial charge on any atom is -0.394 e. The Balaban J connectivity index is 1.47. The van der Waals surface area contributed by atoms with Crippen LogP contribution in [0.4, 0.5) is 17.1 Å². The molecule has 3 saturated heterocycles. The molecular weight excluding hydrogens is 576 g/mol. The standard InChI is InChI=1S/C30H37BrN4O5/c1-4-20(17-36)35-26(28(38)33-19-12-14-21(15-13-19)34(5-2)6-3)30-16-22(31)25(40-30)23(24(30)29(35)39)27(37)32-18-10-8-7-9-11-18/h7-15,20,22-26,36H,4-6,16-17H2,1-3H3,(H,32,37)(H,33,38)/t20-,22?,23-,24-,25-,26?,30?/m0/s1. The fraction of sp³-hybridized carbons (Fsp3) is 0.500. The zero-order valence-corrected chi connectivity index (χ0v) is 24.6. The van der Waals surface area contributed by atoms with Crippen LogP contribution in [0.1, 0.15) is 33.6 Å². The summed E-state index contributed by atoms with van der Waals surface area (Å²) in [5, 5.41) is 16.1. The molecule has 3 heterocycles. The Labute approximate surface area is 243 Å². The van der Waals surface area contributed by atoms with Crippen molar-refractivity contribution in [1.29, 1.82) is 0 Å². The minimum atomic E-state index is -1.19. The summed E-state index contributed by atoms with van der Waals surface area (Å²) in [5.41, 5.74) is 1.09. The zero-order chi connectivity index (χ0) is 28.6. The third-order valence-electron chi connectivity index (χ3n) is 8.66. The number of ether oxygens (including phenoxy) is 1. The van der Waals surface area contributed by atoms with Crippen molar-refractivity contribution in [2.45, 2.75) is 62.2 Å². The lowest BCUT2D eigenvalue weighted by molar-refractivity contribution is -0.143. The number of hydrogen-bond donors (Lipinski definition) is 3. The van der Waals surface area contributed by atoms with E-state index in [0.29, 0.717) is 24.2 Å². The molecule has 10 heteroatoms. The highest BCUT2D eigenvalue weighted by Gasteiger charge is 2.77. The average molecular weight is 614 g/mol. The fourth-order valence-electron chi connectivity index (χ4n) is 6.78. The number of likely N-dealkylation sites (tertiary alicyclic amines) is 1. The van der Waals surface area contributed by atoms with E-state index in [2.05, 4.69) is 45.3 Å². The molecule has 3 aliphatic rings. The van der Waals surface area contributed by atoms with Crippen LogP contribution in [0.2, 0.25) is 0 Å². The molecule has 0 radical (unpaired) electrons. The number of halogens is 1. The predicted molar refractivity (Wildman–Crippen MR) is 157 cm³/mol. The van der Waals surface area contributed by atoms with Gasteiger partial charge in [0.2, 0.25) is 17.7 Å².